The van der Waals surface area contributed by atoms with Crippen LogP contribution in [0.5, 0.6) is 0 Å². The van der Waals surface area contributed by atoms with Crippen molar-refractivity contribution < 1.29 is 9.59 Å². The minimum absolute atomic E-state index is 0.240. The van der Waals surface area contributed by atoms with Gasteiger partial charge in [-0.2, -0.15) is 0 Å². The molecular weight excluding hydrogens is 418 g/mol. The fourth-order valence-corrected chi connectivity index (χ4v) is 3.72. The Balaban J connectivity index is 1.73. The van der Waals surface area contributed by atoms with E-state index < -0.39 is 0 Å². The van der Waals surface area contributed by atoms with E-state index in [-0.39, 0.29) is 23.2 Å². The molecule has 0 atom stereocenters. The van der Waals surface area contributed by atoms with Crippen LogP contribution < -0.4 is 10.6 Å². The van der Waals surface area contributed by atoms with Crippen LogP contribution in [0.25, 0.3) is 0 Å². The Labute approximate surface area is 167 Å². The summed E-state index contributed by atoms with van der Waals surface area (Å²) in [6, 6.07) is 0.580. The minimum Gasteiger partial charge on any atom is -0.349 e. The van der Waals surface area contributed by atoms with Gasteiger partial charge in [-0.15, -0.1) is 11.3 Å². The van der Waals surface area contributed by atoms with E-state index in [1.54, 1.807) is 18.4 Å². The molecule has 0 radical (unpaired) electrons. The van der Waals surface area contributed by atoms with Gasteiger partial charge in [0.15, 0.2) is 3.92 Å². The SMILES string of the molecule is C/C=C(\NC(=O)c1csc(Br)n1)C(=O)NCCN1CCN(C(C)C)CC1. The number of carbonyl (C=O) groups excluding carboxylic acids is 2. The molecule has 1 aliphatic heterocycles. The number of rotatable bonds is 7. The van der Waals surface area contributed by atoms with Gasteiger partial charge in [0, 0.05) is 50.7 Å². The van der Waals surface area contributed by atoms with Gasteiger partial charge in [0.1, 0.15) is 11.4 Å². The molecule has 2 amide bonds. The summed E-state index contributed by atoms with van der Waals surface area (Å²) in [6.07, 6.45) is 1.59. The number of halogens is 1. The van der Waals surface area contributed by atoms with Crippen LogP contribution in [-0.2, 0) is 4.79 Å². The smallest absolute Gasteiger partial charge is 0.275 e. The van der Waals surface area contributed by atoms with Crippen molar-refractivity contribution in [1.29, 1.82) is 0 Å². The third kappa shape index (κ3) is 6.15. The van der Waals surface area contributed by atoms with Crippen LogP contribution in [-0.4, -0.2) is 71.9 Å². The quantitative estimate of drug-likeness (QED) is 0.626. The number of amides is 2. The van der Waals surface area contributed by atoms with Crippen LogP contribution in [0.4, 0.5) is 0 Å². The van der Waals surface area contributed by atoms with Crippen molar-refractivity contribution in [2.24, 2.45) is 0 Å². The van der Waals surface area contributed by atoms with E-state index >= 15 is 0 Å². The first-order valence-electron chi connectivity index (χ1n) is 8.74. The first kappa shape index (κ1) is 21.0. The first-order chi connectivity index (χ1) is 12.4. The van der Waals surface area contributed by atoms with Crippen molar-refractivity contribution >= 4 is 39.1 Å². The fourth-order valence-electron chi connectivity index (χ4n) is 2.73. The Kier molecular flexibility index (Phi) is 8.20. The van der Waals surface area contributed by atoms with E-state index in [9.17, 15) is 9.59 Å². The molecule has 0 spiro atoms. The number of piperazine rings is 1. The molecule has 2 heterocycles. The Morgan fingerprint density at radius 3 is 2.58 bits per heavy atom. The second kappa shape index (κ2) is 10.1. The molecular formula is C17H26BrN5O2S. The zero-order valence-corrected chi connectivity index (χ0v) is 17.8. The maximum absolute atomic E-state index is 12.3. The van der Waals surface area contributed by atoms with Crippen molar-refractivity contribution in [1.82, 2.24) is 25.4 Å². The number of hydrogen-bond donors (Lipinski definition) is 2. The summed E-state index contributed by atoms with van der Waals surface area (Å²) >= 11 is 4.55. The Hall–Kier alpha value is -1.29. The molecule has 1 aromatic rings. The second-order valence-electron chi connectivity index (χ2n) is 6.37. The molecule has 0 aromatic carbocycles. The Bertz CT molecular complexity index is 653. The highest BCUT2D eigenvalue weighted by atomic mass is 79.9. The first-order valence-corrected chi connectivity index (χ1v) is 10.4. The van der Waals surface area contributed by atoms with Crippen LogP contribution >= 0.6 is 27.3 Å². The van der Waals surface area contributed by atoms with Crippen LogP contribution in [0.2, 0.25) is 0 Å². The molecule has 2 rings (SSSR count). The predicted molar refractivity (Wildman–Crippen MR) is 107 cm³/mol. The second-order valence-corrected chi connectivity index (χ2v) is 8.50. The molecule has 0 saturated carbocycles. The van der Waals surface area contributed by atoms with Crippen molar-refractivity contribution in [2.75, 3.05) is 39.3 Å². The fraction of sp³-hybridized carbons (Fsp3) is 0.588. The molecule has 1 saturated heterocycles. The maximum Gasteiger partial charge on any atom is 0.275 e. The maximum atomic E-state index is 12.3. The number of thiazole rings is 1. The van der Waals surface area contributed by atoms with Gasteiger partial charge < -0.3 is 10.6 Å². The lowest BCUT2D eigenvalue weighted by molar-refractivity contribution is -0.117. The third-order valence-electron chi connectivity index (χ3n) is 4.34. The Morgan fingerprint density at radius 1 is 1.35 bits per heavy atom. The van der Waals surface area contributed by atoms with Gasteiger partial charge in [-0.05, 0) is 36.7 Å². The van der Waals surface area contributed by atoms with Gasteiger partial charge in [0.05, 0.1) is 0 Å². The van der Waals surface area contributed by atoms with E-state index in [1.165, 1.54) is 11.3 Å². The lowest BCUT2D eigenvalue weighted by atomic mass is 10.2. The van der Waals surface area contributed by atoms with Crippen LogP contribution in [0.1, 0.15) is 31.3 Å². The number of nitrogens with zero attached hydrogens (tertiary/aromatic N) is 3. The predicted octanol–water partition coefficient (Wildman–Crippen LogP) is 1.68. The van der Waals surface area contributed by atoms with E-state index in [2.05, 4.69) is 55.2 Å². The third-order valence-corrected chi connectivity index (χ3v) is 5.71. The lowest BCUT2D eigenvalue weighted by Crippen LogP contribution is -2.50. The zero-order valence-electron chi connectivity index (χ0n) is 15.4. The molecule has 26 heavy (non-hydrogen) atoms. The molecule has 0 aliphatic carbocycles. The van der Waals surface area contributed by atoms with Gasteiger partial charge in [-0.3, -0.25) is 19.4 Å². The van der Waals surface area contributed by atoms with Crippen LogP contribution in [0, 0.1) is 0 Å². The van der Waals surface area contributed by atoms with Crippen LogP contribution in [0.3, 0.4) is 0 Å². The highest BCUT2D eigenvalue weighted by Crippen LogP contribution is 2.15. The molecule has 144 valence electrons. The highest BCUT2D eigenvalue weighted by Gasteiger charge is 2.19. The van der Waals surface area contributed by atoms with Crippen molar-refractivity contribution in [3.8, 4) is 0 Å². The molecule has 2 N–H and O–H groups in total. The molecule has 0 bridgehead atoms. The van der Waals surface area contributed by atoms with Gasteiger partial charge in [0.25, 0.3) is 11.8 Å². The average Bonchev–Trinajstić information content (AvgIpc) is 3.06. The number of hydrogen-bond acceptors (Lipinski definition) is 6. The largest absolute Gasteiger partial charge is 0.349 e. The summed E-state index contributed by atoms with van der Waals surface area (Å²) < 4.78 is 0.631. The minimum atomic E-state index is -0.389. The molecule has 0 unspecified atom stereocenters. The van der Waals surface area contributed by atoms with Crippen molar-refractivity contribution in [3.05, 3.63) is 26.8 Å². The summed E-state index contributed by atoms with van der Waals surface area (Å²) in [7, 11) is 0. The normalized spacial score (nSPS) is 16.7. The summed E-state index contributed by atoms with van der Waals surface area (Å²) in [5, 5.41) is 7.13. The average molecular weight is 444 g/mol. The molecule has 1 fully saturated rings. The van der Waals surface area contributed by atoms with E-state index in [1.807, 2.05) is 0 Å². The summed E-state index contributed by atoms with van der Waals surface area (Å²) in [5.41, 5.74) is 0.529. The molecule has 1 aromatic heterocycles. The molecule has 7 nitrogen and oxygen atoms in total. The van der Waals surface area contributed by atoms with Crippen molar-refractivity contribution in [2.45, 2.75) is 26.8 Å². The van der Waals surface area contributed by atoms with Crippen molar-refractivity contribution in [3.63, 3.8) is 0 Å². The number of carbonyl (C=O) groups is 2. The van der Waals surface area contributed by atoms with Gasteiger partial charge >= 0.3 is 0 Å². The topological polar surface area (TPSA) is 77.6 Å². The van der Waals surface area contributed by atoms with E-state index in [4.69, 9.17) is 0 Å². The lowest BCUT2D eigenvalue weighted by Gasteiger charge is -2.36. The molecule has 1 aliphatic rings. The summed E-state index contributed by atoms with van der Waals surface area (Å²) in [5.74, 6) is -0.670. The van der Waals surface area contributed by atoms with E-state index in [0.29, 0.717) is 16.5 Å². The highest BCUT2D eigenvalue weighted by molar-refractivity contribution is 9.11. The standard InChI is InChI=1S/C17H26BrN5O2S/c1-4-13(20-16(25)14-11-26-17(18)21-14)15(24)19-5-6-22-7-9-23(10-8-22)12(2)3/h4,11-12H,5-10H2,1-3H3,(H,19,24)(H,20,25)/b13-4-. The summed E-state index contributed by atoms with van der Waals surface area (Å²) in [4.78, 5) is 33.3. The van der Waals surface area contributed by atoms with E-state index in [0.717, 1.165) is 32.7 Å². The summed E-state index contributed by atoms with van der Waals surface area (Å²) in [6.45, 7) is 11.7. The Morgan fingerprint density at radius 2 is 2.04 bits per heavy atom. The van der Waals surface area contributed by atoms with Gasteiger partial charge in [0.2, 0.25) is 0 Å². The monoisotopic (exact) mass is 443 g/mol. The number of allylic oxidation sites excluding steroid dienone is 1. The zero-order chi connectivity index (χ0) is 19.1. The number of aromatic nitrogens is 1. The number of nitrogens with one attached hydrogen (secondary N) is 2. The van der Waals surface area contributed by atoms with Gasteiger partial charge in [-0.25, -0.2) is 4.98 Å². The van der Waals surface area contributed by atoms with Crippen LogP contribution in [0.15, 0.2) is 21.1 Å². The molecule has 9 heteroatoms. The van der Waals surface area contributed by atoms with Gasteiger partial charge in [-0.1, -0.05) is 6.08 Å².